The molecular formula is C9H10O3S. The smallest absolute Gasteiger partial charge is 0.306 e. The number of ether oxygens (including phenoxy) is 1. The molecule has 1 unspecified atom stereocenters. The summed E-state index contributed by atoms with van der Waals surface area (Å²) in [7, 11) is 0. The number of fused-ring (bicyclic) bond motifs is 1. The van der Waals surface area contributed by atoms with Gasteiger partial charge in [0.05, 0.1) is 13.0 Å². The van der Waals surface area contributed by atoms with Crippen LogP contribution in [0.15, 0.2) is 11.4 Å². The summed E-state index contributed by atoms with van der Waals surface area (Å²) in [6.45, 7) is 0.641. The van der Waals surface area contributed by atoms with Gasteiger partial charge in [-0.05, 0) is 23.4 Å². The fourth-order valence-corrected chi connectivity index (χ4v) is 2.54. The number of carboxylic acid groups (broad SMARTS) is 1. The van der Waals surface area contributed by atoms with E-state index in [9.17, 15) is 4.79 Å². The van der Waals surface area contributed by atoms with Crippen LogP contribution in [0.4, 0.5) is 0 Å². The van der Waals surface area contributed by atoms with Crippen LogP contribution in [0, 0.1) is 0 Å². The van der Waals surface area contributed by atoms with Gasteiger partial charge in [0, 0.05) is 4.88 Å². The number of thiophene rings is 1. The summed E-state index contributed by atoms with van der Waals surface area (Å²) in [5, 5.41) is 10.6. The molecule has 1 aromatic rings. The van der Waals surface area contributed by atoms with E-state index >= 15 is 0 Å². The first-order chi connectivity index (χ1) is 6.27. The first-order valence-electron chi connectivity index (χ1n) is 4.17. The Morgan fingerprint density at radius 1 is 1.77 bits per heavy atom. The first-order valence-corrected chi connectivity index (χ1v) is 5.05. The van der Waals surface area contributed by atoms with E-state index in [1.54, 1.807) is 11.3 Å². The highest BCUT2D eigenvalue weighted by molar-refractivity contribution is 7.10. The summed E-state index contributed by atoms with van der Waals surface area (Å²) in [4.78, 5) is 11.6. The van der Waals surface area contributed by atoms with E-state index in [2.05, 4.69) is 6.07 Å². The Morgan fingerprint density at radius 3 is 3.38 bits per heavy atom. The predicted molar refractivity (Wildman–Crippen MR) is 49.0 cm³/mol. The van der Waals surface area contributed by atoms with Crippen molar-refractivity contribution in [2.45, 2.75) is 18.9 Å². The molecule has 1 atom stereocenters. The zero-order valence-electron chi connectivity index (χ0n) is 7.03. The normalized spacial score (nSPS) is 21.1. The van der Waals surface area contributed by atoms with Gasteiger partial charge in [0.25, 0.3) is 0 Å². The number of carbonyl (C=O) groups is 1. The van der Waals surface area contributed by atoms with Crippen LogP contribution in [-0.4, -0.2) is 17.7 Å². The first kappa shape index (κ1) is 8.72. The maximum atomic E-state index is 10.5. The molecule has 0 fully saturated rings. The molecule has 0 saturated carbocycles. The Balaban J connectivity index is 2.20. The Kier molecular flexibility index (Phi) is 2.33. The second-order valence-corrected chi connectivity index (χ2v) is 3.97. The Labute approximate surface area is 80.0 Å². The Hall–Kier alpha value is -0.870. The van der Waals surface area contributed by atoms with Gasteiger partial charge in [-0.25, -0.2) is 0 Å². The quantitative estimate of drug-likeness (QED) is 0.788. The van der Waals surface area contributed by atoms with Gasteiger partial charge in [-0.3, -0.25) is 4.79 Å². The number of hydrogen-bond acceptors (Lipinski definition) is 3. The van der Waals surface area contributed by atoms with E-state index in [0.717, 1.165) is 11.3 Å². The van der Waals surface area contributed by atoms with Crippen LogP contribution < -0.4 is 0 Å². The molecule has 70 valence electrons. The minimum absolute atomic E-state index is 0.0769. The molecule has 0 aromatic carbocycles. The van der Waals surface area contributed by atoms with Gasteiger partial charge in [-0.2, -0.15) is 0 Å². The molecule has 0 bridgehead atoms. The van der Waals surface area contributed by atoms with Crippen molar-refractivity contribution >= 4 is 17.3 Å². The molecule has 0 saturated heterocycles. The maximum absolute atomic E-state index is 10.5. The molecule has 0 aliphatic carbocycles. The molecule has 0 amide bonds. The highest BCUT2D eigenvalue weighted by atomic mass is 32.1. The standard InChI is InChI=1S/C9H10O3S/c10-8(11)5-7-9-6(1-3-12-7)2-4-13-9/h2,4,7H,1,3,5H2,(H,10,11). The van der Waals surface area contributed by atoms with Crippen LogP contribution in [0.2, 0.25) is 0 Å². The molecule has 1 aromatic heterocycles. The molecule has 13 heavy (non-hydrogen) atoms. The van der Waals surface area contributed by atoms with E-state index in [0.29, 0.717) is 6.61 Å². The van der Waals surface area contributed by atoms with E-state index in [4.69, 9.17) is 9.84 Å². The van der Waals surface area contributed by atoms with Crippen molar-refractivity contribution in [1.82, 2.24) is 0 Å². The largest absolute Gasteiger partial charge is 0.481 e. The van der Waals surface area contributed by atoms with Crippen LogP contribution in [-0.2, 0) is 16.0 Å². The highest BCUT2D eigenvalue weighted by Crippen LogP contribution is 2.33. The van der Waals surface area contributed by atoms with Gasteiger partial charge in [-0.15, -0.1) is 11.3 Å². The fraction of sp³-hybridized carbons (Fsp3) is 0.444. The lowest BCUT2D eigenvalue weighted by Crippen LogP contribution is -2.16. The lowest BCUT2D eigenvalue weighted by Gasteiger charge is -2.21. The molecule has 2 heterocycles. The molecule has 1 N–H and O–H groups in total. The van der Waals surface area contributed by atoms with Gasteiger partial charge in [0.2, 0.25) is 0 Å². The Bertz CT molecular complexity index is 318. The van der Waals surface area contributed by atoms with Gasteiger partial charge >= 0.3 is 5.97 Å². The zero-order valence-corrected chi connectivity index (χ0v) is 7.84. The van der Waals surface area contributed by atoms with Crippen LogP contribution in [0.1, 0.15) is 23.0 Å². The van der Waals surface area contributed by atoms with Crippen molar-refractivity contribution in [1.29, 1.82) is 0 Å². The van der Waals surface area contributed by atoms with E-state index in [1.807, 2.05) is 5.38 Å². The average molecular weight is 198 g/mol. The van der Waals surface area contributed by atoms with E-state index in [-0.39, 0.29) is 12.5 Å². The monoisotopic (exact) mass is 198 g/mol. The number of rotatable bonds is 2. The second-order valence-electron chi connectivity index (χ2n) is 3.02. The molecule has 2 rings (SSSR count). The number of aliphatic carboxylic acids is 1. The molecule has 0 spiro atoms. The number of hydrogen-bond donors (Lipinski definition) is 1. The summed E-state index contributed by atoms with van der Waals surface area (Å²) in [6, 6.07) is 2.05. The van der Waals surface area contributed by atoms with Gasteiger partial charge in [-0.1, -0.05) is 0 Å². The third kappa shape index (κ3) is 1.73. The van der Waals surface area contributed by atoms with Crippen LogP contribution in [0.3, 0.4) is 0 Å². The zero-order chi connectivity index (χ0) is 9.26. The van der Waals surface area contributed by atoms with Gasteiger partial charge in [0.1, 0.15) is 6.10 Å². The molecule has 1 aliphatic heterocycles. The third-order valence-corrected chi connectivity index (χ3v) is 3.17. The van der Waals surface area contributed by atoms with Crippen molar-refractivity contribution in [3.63, 3.8) is 0 Å². The second kappa shape index (κ2) is 3.47. The minimum atomic E-state index is -0.800. The summed E-state index contributed by atoms with van der Waals surface area (Å²) >= 11 is 1.59. The lowest BCUT2D eigenvalue weighted by molar-refractivity contribution is -0.140. The summed E-state index contributed by atoms with van der Waals surface area (Å²) < 4.78 is 5.40. The van der Waals surface area contributed by atoms with Crippen molar-refractivity contribution in [3.05, 3.63) is 21.9 Å². The highest BCUT2D eigenvalue weighted by Gasteiger charge is 2.24. The van der Waals surface area contributed by atoms with Crippen LogP contribution >= 0.6 is 11.3 Å². The van der Waals surface area contributed by atoms with E-state index < -0.39 is 5.97 Å². The predicted octanol–water partition coefficient (Wildman–Crippen LogP) is 1.84. The average Bonchev–Trinajstić information content (AvgIpc) is 2.51. The summed E-state index contributed by atoms with van der Waals surface area (Å²) in [6.07, 6.45) is 0.767. The Morgan fingerprint density at radius 2 is 2.62 bits per heavy atom. The van der Waals surface area contributed by atoms with Gasteiger partial charge in [0.15, 0.2) is 0 Å². The van der Waals surface area contributed by atoms with Crippen molar-refractivity contribution in [2.75, 3.05) is 6.61 Å². The van der Waals surface area contributed by atoms with Crippen molar-refractivity contribution in [3.8, 4) is 0 Å². The molecule has 4 heteroatoms. The minimum Gasteiger partial charge on any atom is -0.481 e. The fourth-order valence-electron chi connectivity index (χ4n) is 1.53. The summed E-state index contributed by atoms with van der Waals surface area (Å²) in [5.41, 5.74) is 1.25. The van der Waals surface area contributed by atoms with Crippen LogP contribution in [0.25, 0.3) is 0 Å². The summed E-state index contributed by atoms with van der Waals surface area (Å²) in [5.74, 6) is -0.800. The molecular weight excluding hydrogens is 188 g/mol. The lowest BCUT2D eigenvalue weighted by atomic mass is 10.1. The van der Waals surface area contributed by atoms with Crippen molar-refractivity contribution < 1.29 is 14.6 Å². The number of carboxylic acids is 1. The van der Waals surface area contributed by atoms with Gasteiger partial charge < -0.3 is 9.84 Å². The molecule has 1 aliphatic rings. The maximum Gasteiger partial charge on any atom is 0.306 e. The molecule has 3 nitrogen and oxygen atoms in total. The molecule has 0 radical (unpaired) electrons. The van der Waals surface area contributed by atoms with Crippen molar-refractivity contribution in [2.24, 2.45) is 0 Å². The topological polar surface area (TPSA) is 46.5 Å². The SMILES string of the molecule is O=C(O)CC1OCCc2ccsc21. The van der Waals surface area contributed by atoms with E-state index in [1.165, 1.54) is 5.56 Å². The third-order valence-electron chi connectivity index (χ3n) is 2.12. The van der Waals surface area contributed by atoms with Crippen LogP contribution in [0.5, 0.6) is 0 Å².